The van der Waals surface area contributed by atoms with E-state index in [1.165, 1.54) is 6.08 Å². The Morgan fingerprint density at radius 1 is 1.57 bits per heavy atom. The van der Waals surface area contributed by atoms with Crippen LogP contribution in [0.25, 0.3) is 0 Å². The topological polar surface area (TPSA) is 49.7 Å². The van der Waals surface area contributed by atoms with E-state index in [4.69, 9.17) is 11.6 Å². The molecule has 0 amide bonds. The third-order valence-electron chi connectivity index (χ3n) is 2.20. The van der Waals surface area contributed by atoms with Crippen LogP contribution in [0.4, 0.5) is 0 Å². The number of benzene rings is 1. The Hall–Kier alpha value is -1.31. The Morgan fingerprint density at radius 3 is 2.79 bits per heavy atom. The van der Waals surface area contributed by atoms with Gasteiger partial charge in [-0.3, -0.25) is 0 Å². The molecule has 0 aromatic heterocycles. The quantitative estimate of drug-likeness (QED) is 0.604. The fourth-order valence-corrected chi connectivity index (χ4v) is 1.51. The van der Waals surface area contributed by atoms with Gasteiger partial charge in [0, 0.05) is 5.56 Å². The zero-order valence-electron chi connectivity index (χ0n) is 7.97. The minimum absolute atomic E-state index is 0.00577. The summed E-state index contributed by atoms with van der Waals surface area (Å²) in [6.45, 7) is 3.85. The molecule has 1 N–H and O–H groups in total. The van der Waals surface area contributed by atoms with Crippen LogP contribution in [0, 0.1) is 13.8 Å². The molecule has 14 heavy (non-hydrogen) atoms. The fraction of sp³-hybridized carbons (Fsp3) is 0.300. The molecule has 0 radical (unpaired) electrons. The van der Waals surface area contributed by atoms with Gasteiger partial charge in [-0.25, -0.2) is 9.79 Å². The third-order valence-corrected chi connectivity index (χ3v) is 2.49. The average Bonchev–Trinajstić information content (AvgIpc) is 2.15. The van der Waals surface area contributed by atoms with E-state index in [2.05, 4.69) is 4.99 Å². The highest BCUT2D eigenvalue weighted by molar-refractivity contribution is 6.32. The summed E-state index contributed by atoms with van der Waals surface area (Å²) in [6, 6.07) is 1.68. The van der Waals surface area contributed by atoms with Crippen LogP contribution in [0.2, 0.25) is 5.02 Å². The van der Waals surface area contributed by atoms with Gasteiger partial charge in [-0.2, -0.15) is 0 Å². The van der Waals surface area contributed by atoms with Crippen molar-refractivity contribution in [1.29, 1.82) is 0 Å². The van der Waals surface area contributed by atoms with Gasteiger partial charge in [-0.1, -0.05) is 11.6 Å². The van der Waals surface area contributed by atoms with Crippen molar-refractivity contribution >= 4 is 17.7 Å². The minimum atomic E-state index is -0.00577. The molecule has 3 nitrogen and oxygen atoms in total. The van der Waals surface area contributed by atoms with Crippen LogP contribution in [0.3, 0.4) is 0 Å². The van der Waals surface area contributed by atoms with Crippen molar-refractivity contribution in [3.63, 3.8) is 0 Å². The van der Waals surface area contributed by atoms with Crippen molar-refractivity contribution in [1.82, 2.24) is 0 Å². The normalized spacial score (nSPS) is 9.64. The molecule has 4 heteroatoms. The molecule has 0 bridgehead atoms. The molecule has 0 heterocycles. The van der Waals surface area contributed by atoms with Gasteiger partial charge in [0.25, 0.3) is 0 Å². The smallest absolute Gasteiger partial charge is 0.235 e. The number of halogens is 1. The van der Waals surface area contributed by atoms with Gasteiger partial charge in [-0.15, -0.1) is 0 Å². The number of phenols is 1. The van der Waals surface area contributed by atoms with E-state index in [1.807, 2.05) is 13.8 Å². The number of aliphatic imine (C=N–C) groups is 1. The molecule has 0 fully saturated rings. The Bertz CT molecular complexity index is 383. The predicted octanol–water partition coefficient (Wildman–Crippen LogP) is 2.50. The van der Waals surface area contributed by atoms with E-state index in [1.54, 1.807) is 6.07 Å². The van der Waals surface area contributed by atoms with Crippen molar-refractivity contribution < 1.29 is 9.90 Å². The van der Waals surface area contributed by atoms with E-state index < -0.39 is 0 Å². The van der Waals surface area contributed by atoms with E-state index in [9.17, 15) is 9.90 Å². The number of carbonyl (C=O) groups excluding carboxylic acids is 1. The first kappa shape index (κ1) is 10.8. The van der Waals surface area contributed by atoms with Gasteiger partial charge in [0.05, 0.1) is 11.6 Å². The van der Waals surface area contributed by atoms with E-state index in [0.29, 0.717) is 5.56 Å². The van der Waals surface area contributed by atoms with E-state index in [0.717, 1.165) is 11.1 Å². The van der Waals surface area contributed by atoms with Crippen molar-refractivity contribution in [2.45, 2.75) is 20.4 Å². The second kappa shape index (κ2) is 4.27. The van der Waals surface area contributed by atoms with Crippen molar-refractivity contribution in [3.05, 3.63) is 27.8 Å². The van der Waals surface area contributed by atoms with Crippen LogP contribution < -0.4 is 0 Å². The highest BCUT2D eigenvalue weighted by Gasteiger charge is 2.10. The lowest BCUT2D eigenvalue weighted by molar-refractivity contribution is 0.467. The summed E-state index contributed by atoms with van der Waals surface area (Å²) in [5.74, 6) is -0.00577. The summed E-state index contributed by atoms with van der Waals surface area (Å²) >= 11 is 5.78. The molecule has 1 rings (SSSR count). The maximum atomic E-state index is 9.96. The van der Waals surface area contributed by atoms with Gasteiger partial charge in [-0.05, 0) is 31.0 Å². The molecule has 0 spiro atoms. The van der Waals surface area contributed by atoms with Gasteiger partial charge in [0.15, 0.2) is 0 Å². The van der Waals surface area contributed by atoms with Crippen LogP contribution in [-0.2, 0) is 11.3 Å². The Kier molecular flexibility index (Phi) is 3.28. The number of aryl methyl sites for hydroxylation is 1. The molecular weight excluding hydrogens is 202 g/mol. The third kappa shape index (κ3) is 1.95. The van der Waals surface area contributed by atoms with Crippen LogP contribution in [0.1, 0.15) is 16.7 Å². The van der Waals surface area contributed by atoms with Crippen LogP contribution >= 0.6 is 11.6 Å². The summed E-state index contributed by atoms with van der Waals surface area (Å²) in [4.78, 5) is 13.4. The van der Waals surface area contributed by atoms with E-state index in [-0.39, 0.29) is 17.3 Å². The SMILES string of the molecule is Cc1cc(Cl)c(O)c(CN=C=O)c1C. The molecule has 74 valence electrons. The number of hydrogen-bond donors (Lipinski definition) is 1. The lowest BCUT2D eigenvalue weighted by Crippen LogP contribution is -1.92. The number of hydrogen-bond acceptors (Lipinski definition) is 3. The molecule has 0 aliphatic carbocycles. The Morgan fingerprint density at radius 2 is 2.21 bits per heavy atom. The van der Waals surface area contributed by atoms with Crippen LogP contribution in [-0.4, -0.2) is 11.2 Å². The number of aromatic hydroxyl groups is 1. The molecule has 0 atom stereocenters. The summed E-state index contributed by atoms with van der Waals surface area (Å²) < 4.78 is 0. The molecular formula is C10H10ClNO2. The molecule has 0 saturated heterocycles. The molecule has 0 saturated carbocycles. The second-order valence-electron chi connectivity index (χ2n) is 3.03. The first-order valence-electron chi connectivity index (χ1n) is 4.09. The van der Waals surface area contributed by atoms with Crippen molar-refractivity contribution in [2.24, 2.45) is 4.99 Å². The molecule has 0 unspecified atom stereocenters. The number of rotatable bonds is 2. The maximum Gasteiger partial charge on any atom is 0.235 e. The van der Waals surface area contributed by atoms with Gasteiger partial charge in [0.1, 0.15) is 5.75 Å². The van der Waals surface area contributed by atoms with Gasteiger partial charge >= 0.3 is 0 Å². The first-order valence-corrected chi connectivity index (χ1v) is 4.47. The standard InChI is InChI=1S/C10H10ClNO2/c1-6-3-9(11)10(14)8(7(6)2)4-12-5-13/h3,14H,4H2,1-2H3. The fourth-order valence-electron chi connectivity index (χ4n) is 1.23. The van der Waals surface area contributed by atoms with Gasteiger partial charge < -0.3 is 5.11 Å². The number of phenolic OH excluding ortho intramolecular Hbond substituents is 1. The van der Waals surface area contributed by atoms with E-state index >= 15 is 0 Å². The highest BCUT2D eigenvalue weighted by Crippen LogP contribution is 2.32. The number of isocyanates is 1. The Labute approximate surface area is 87.0 Å². The monoisotopic (exact) mass is 211 g/mol. The average molecular weight is 212 g/mol. The summed E-state index contributed by atoms with van der Waals surface area (Å²) in [5, 5.41) is 9.89. The number of nitrogens with zero attached hydrogens (tertiary/aromatic N) is 1. The maximum absolute atomic E-state index is 9.96. The summed E-state index contributed by atoms with van der Waals surface area (Å²) in [6.07, 6.45) is 1.43. The minimum Gasteiger partial charge on any atom is -0.506 e. The van der Waals surface area contributed by atoms with Crippen LogP contribution in [0.5, 0.6) is 5.75 Å². The molecule has 0 aliphatic heterocycles. The second-order valence-corrected chi connectivity index (χ2v) is 3.44. The molecule has 0 aliphatic rings. The highest BCUT2D eigenvalue weighted by atomic mass is 35.5. The predicted molar refractivity (Wildman–Crippen MR) is 54.4 cm³/mol. The molecule has 1 aromatic rings. The summed E-state index contributed by atoms with van der Waals surface area (Å²) in [7, 11) is 0. The van der Waals surface area contributed by atoms with Crippen molar-refractivity contribution in [3.8, 4) is 5.75 Å². The zero-order valence-corrected chi connectivity index (χ0v) is 8.72. The largest absolute Gasteiger partial charge is 0.506 e. The van der Waals surface area contributed by atoms with Gasteiger partial charge in [0.2, 0.25) is 6.08 Å². The Balaban J connectivity index is 3.31. The van der Waals surface area contributed by atoms with Crippen molar-refractivity contribution in [2.75, 3.05) is 0 Å². The summed E-state index contributed by atoms with van der Waals surface area (Å²) in [5.41, 5.74) is 2.44. The lowest BCUT2D eigenvalue weighted by atomic mass is 10.0. The van der Waals surface area contributed by atoms with Crippen LogP contribution in [0.15, 0.2) is 11.1 Å². The lowest BCUT2D eigenvalue weighted by Gasteiger charge is -2.09. The first-order chi connectivity index (χ1) is 6.57. The zero-order chi connectivity index (χ0) is 10.7. The molecule has 1 aromatic carbocycles.